The lowest BCUT2D eigenvalue weighted by atomic mass is 9.82. The smallest absolute Gasteiger partial charge is 0.247 e. The topological polar surface area (TPSA) is 389 Å². The van der Waals surface area contributed by atoms with E-state index in [1.165, 1.54) is 106 Å². The Labute approximate surface area is 802 Å². The van der Waals surface area contributed by atoms with Crippen LogP contribution in [0.3, 0.4) is 0 Å². The molecule has 1 atom stereocenters. The number of benzene rings is 13. The molecule has 0 spiro atoms. The lowest BCUT2D eigenvalue weighted by molar-refractivity contribution is -0.254. The molecular weight excluding hydrogens is 1830 g/mol. The van der Waals surface area contributed by atoms with E-state index in [0.717, 1.165) is 158 Å². The van der Waals surface area contributed by atoms with Gasteiger partial charge in [0.05, 0.1) is 6.04 Å². The molecule has 1 saturated carbocycles. The van der Waals surface area contributed by atoms with Crippen LogP contribution in [0.5, 0.6) is 34.5 Å². The van der Waals surface area contributed by atoms with Crippen LogP contribution in [0.1, 0.15) is 145 Å². The predicted octanol–water partition coefficient (Wildman–Crippen LogP) is 17.1. The number of likely N-dealkylation sites (tertiary alicyclic amines) is 1. The normalized spacial score (nSPS) is 17.5. The average Bonchev–Trinajstić information content (AvgIpc) is 1.60. The number of quaternary nitrogens is 1. The van der Waals surface area contributed by atoms with E-state index in [0.29, 0.717) is 69.1 Å². The molecule has 13 aromatic rings. The largest absolute Gasteiger partial charge is 0.508 e. The van der Waals surface area contributed by atoms with E-state index in [-0.39, 0.29) is 72.1 Å². The lowest BCUT2D eigenvalue weighted by Crippen LogP contribution is -2.40. The Hall–Kier alpha value is -12.5. The molecule has 714 valence electrons. The van der Waals surface area contributed by atoms with Crippen LogP contribution < -0.4 is 22.1 Å². The van der Waals surface area contributed by atoms with Gasteiger partial charge in [0.15, 0.2) is 0 Å². The lowest BCUT2D eigenvalue weighted by Gasteiger charge is -2.33. The van der Waals surface area contributed by atoms with E-state index < -0.39 is 56.2 Å². The summed E-state index contributed by atoms with van der Waals surface area (Å²) in [4.78, 5) is 2.21. The second kappa shape index (κ2) is 41.1. The number of nitrogen functional groups attached to an aromatic ring is 1. The first kappa shape index (κ1) is 97.6. The fourth-order valence-corrected chi connectivity index (χ4v) is 26.4. The zero-order valence-corrected chi connectivity index (χ0v) is 81.1. The van der Waals surface area contributed by atoms with Crippen LogP contribution >= 0.6 is 0 Å². The number of hydrogen-bond donors (Lipinski definition) is 10. The number of fused-ring (bicyclic) bond motifs is 5. The molecule has 26 nitrogen and oxygen atoms in total. The minimum atomic E-state index is -3.96. The van der Waals surface area contributed by atoms with Gasteiger partial charge in [-0.15, -0.1) is 0 Å². The van der Waals surface area contributed by atoms with Gasteiger partial charge in [-0.2, -0.15) is 21.5 Å². The van der Waals surface area contributed by atoms with E-state index in [1.54, 1.807) is 87.5 Å². The number of nitrogens with one attached hydrogen (secondary N) is 2. The minimum absolute atomic E-state index is 0.0310. The van der Waals surface area contributed by atoms with Crippen molar-refractivity contribution in [1.82, 2.24) is 26.4 Å². The highest BCUT2D eigenvalue weighted by atomic mass is 32.2. The zero-order chi connectivity index (χ0) is 97.0. The summed E-state index contributed by atoms with van der Waals surface area (Å²) in [6.07, 6.45) is 8.08. The van der Waals surface area contributed by atoms with Gasteiger partial charge in [-0.1, -0.05) is 152 Å². The molecule has 20 rings (SSSR count). The van der Waals surface area contributed by atoms with Gasteiger partial charge < -0.3 is 52.7 Å². The number of aromatic hydroxyl groups is 6. The molecule has 13 aromatic carbocycles. The highest BCUT2D eigenvalue weighted by molar-refractivity contribution is 7.90. The maximum atomic E-state index is 13.4. The summed E-state index contributed by atoms with van der Waals surface area (Å²) >= 11 is 0. The first-order chi connectivity index (χ1) is 65.4. The molecule has 2 fully saturated rings. The van der Waals surface area contributed by atoms with Gasteiger partial charge in [0.25, 0.3) is 0 Å². The molecule has 1 aliphatic carbocycles. The minimum Gasteiger partial charge on any atom is -0.508 e. The van der Waals surface area contributed by atoms with E-state index in [9.17, 15) is 72.7 Å². The van der Waals surface area contributed by atoms with Crippen LogP contribution in [-0.2, 0) is 122 Å². The van der Waals surface area contributed by atoms with Gasteiger partial charge in [-0.3, -0.25) is 4.90 Å². The quantitative estimate of drug-likeness (QED) is 0.0336. The molecule has 6 aliphatic heterocycles. The van der Waals surface area contributed by atoms with Crippen molar-refractivity contribution >= 4 is 72.9 Å². The van der Waals surface area contributed by atoms with Crippen molar-refractivity contribution in [2.45, 2.75) is 188 Å². The maximum absolute atomic E-state index is 13.4. The van der Waals surface area contributed by atoms with Gasteiger partial charge in [0.1, 0.15) is 64.7 Å². The predicted molar refractivity (Wildman–Crippen MR) is 530 cm³/mol. The number of piperidine rings is 1. The molecule has 0 bridgehead atoms. The fourth-order valence-electron chi connectivity index (χ4n) is 18.9. The first-order valence-electron chi connectivity index (χ1n) is 45.7. The summed E-state index contributed by atoms with van der Waals surface area (Å²) in [6.45, 7) is 14.8. The van der Waals surface area contributed by atoms with Crippen LogP contribution in [0.15, 0.2) is 297 Å². The second-order valence-electron chi connectivity index (χ2n) is 36.5. The average molecular weight is 1950 g/mol. The number of nitrogens with zero attached hydrogens (tertiary/aromatic N) is 6. The zero-order valence-electron chi connectivity index (χ0n) is 77.0. The SMILES string of the molecule is Cc1ccc(S(=O)(=O)N2Cc3ccc(N)cc3C2)c(O)c1.Cc1ccc(S(=O)(=O)N2Cc3ccc(NC4CCC(Cc5ccccc5)CC4)cc3C2)c(O)c1.Cc1ccc(S(=O)(=O)N2Cc3ccc(NC4CCN(Cc5ccccc5)CC4)cc3C2)c(O)c1.Cc1ccc(S(=O)(=O)N2Cc3ccc([NH3+])cc3C2)c(O)c1.Cc1ccc(S(=O)(=O)N2Cc3ccccc3C2c2cccc(O)c2)c(O)c1. The van der Waals surface area contributed by atoms with Gasteiger partial charge in [0.2, 0.25) is 50.1 Å². The third kappa shape index (κ3) is 22.4. The molecular formula is C106H115N10O16S5+. The number of rotatable bonds is 19. The first-order valence-corrected chi connectivity index (χ1v) is 52.9. The molecule has 0 aromatic heterocycles. The number of aryl methyl sites for hydroxylation is 5. The van der Waals surface area contributed by atoms with E-state index in [4.69, 9.17) is 5.73 Å². The highest BCUT2D eigenvalue weighted by Crippen LogP contribution is 2.46. The summed E-state index contributed by atoms with van der Waals surface area (Å²) in [6, 6.07) is 82.3. The number of phenolic OH excluding ortho intramolecular Hbond substituents is 6. The number of phenols is 6. The maximum Gasteiger partial charge on any atom is 0.247 e. The van der Waals surface area contributed by atoms with Crippen molar-refractivity contribution in [2.75, 3.05) is 29.5 Å². The van der Waals surface area contributed by atoms with E-state index >= 15 is 0 Å². The third-order valence-corrected chi connectivity index (χ3v) is 35.5. The summed E-state index contributed by atoms with van der Waals surface area (Å²) < 4.78 is 137. The summed E-state index contributed by atoms with van der Waals surface area (Å²) in [5.41, 5.74) is 30.3. The van der Waals surface area contributed by atoms with Crippen LogP contribution in [0.2, 0.25) is 0 Å². The Morgan fingerprint density at radius 1 is 0.328 bits per heavy atom. The molecule has 6 heterocycles. The second-order valence-corrected chi connectivity index (χ2v) is 46.0. The number of anilines is 3. The molecule has 31 heteroatoms. The van der Waals surface area contributed by atoms with Crippen LogP contribution in [0.25, 0.3) is 0 Å². The van der Waals surface area contributed by atoms with Gasteiger partial charge >= 0.3 is 0 Å². The Morgan fingerprint density at radius 2 is 0.693 bits per heavy atom. The van der Waals surface area contributed by atoms with Gasteiger partial charge in [0, 0.05) is 114 Å². The van der Waals surface area contributed by atoms with Crippen molar-refractivity contribution in [3.63, 3.8) is 0 Å². The van der Waals surface area contributed by atoms with Crippen molar-refractivity contribution < 1.29 is 78.5 Å². The fraction of sp³-hybridized carbons (Fsp3) is 0.264. The van der Waals surface area contributed by atoms with E-state index in [1.807, 2.05) is 74.5 Å². The third-order valence-electron chi connectivity index (χ3n) is 26.3. The van der Waals surface area contributed by atoms with Crippen molar-refractivity contribution in [3.8, 4) is 34.5 Å². The summed E-state index contributed by atoms with van der Waals surface area (Å²) in [5.74, 6) is -0.252. The Bertz CT molecular complexity index is 6930. The number of nitrogens with two attached hydrogens (primary N) is 1. The van der Waals surface area contributed by atoms with Crippen LogP contribution in [0.4, 0.5) is 22.7 Å². The molecule has 13 N–H and O–H groups in total. The van der Waals surface area contributed by atoms with Gasteiger partial charge in [-0.25, -0.2) is 42.1 Å². The van der Waals surface area contributed by atoms with Crippen LogP contribution in [0, 0.1) is 40.5 Å². The highest BCUT2D eigenvalue weighted by Gasteiger charge is 2.43. The Morgan fingerprint density at radius 3 is 1.12 bits per heavy atom. The van der Waals surface area contributed by atoms with E-state index in [2.05, 4.69) is 106 Å². The molecule has 1 saturated heterocycles. The summed E-state index contributed by atoms with van der Waals surface area (Å²) in [5, 5.41) is 67.8. The standard InChI is InChI=1S/C28H32N2O3S.C27H31N3O3S.C21H19NO4S.2C15H16N2O3S/c1-20-7-14-28(27(31)15-20)34(32,33)30-18-23-10-13-26(17-24(23)19-30)29-25-11-8-22(9-12-25)16-21-5-3-2-4-6-21;1-20-7-10-27(26(31)15-20)34(32,33)30-18-22-8-9-25(16-23(22)19-30)28-24-11-13-29(14-12-24)17-21-5-3-2-4-6-21;1-14-9-10-20(19(24)11-14)27(25,26)22-13-16-5-2-3-8-18(16)21(22)15-6-4-7-17(23)12-15;2*1-10-2-5-15(14(18)6-10)21(19,20)17-8-11-3-4-13(16)7-12(11)9-17/h2-7,10,13-15,17,22,25,29,31H,8-9,11-12,16,18-19H2,1H3;2-10,15-16,24,28,31H,11-14,17-19H2,1H3;2-12,21,23-24H,13H2,1H3;2*2-7,18H,8-9,16H2,1H3/p+1. The van der Waals surface area contributed by atoms with Gasteiger partial charge in [-0.05, 0) is 301 Å². The number of sulfonamides is 5. The number of hydrogen-bond acceptors (Lipinski definition) is 20. The summed E-state index contributed by atoms with van der Waals surface area (Å²) in [7, 11) is -18.9. The molecule has 0 radical (unpaired) electrons. The van der Waals surface area contributed by atoms with Crippen LogP contribution in [-0.4, -0.2) is 124 Å². The molecule has 0 amide bonds. The van der Waals surface area contributed by atoms with Crippen molar-refractivity contribution in [2.24, 2.45) is 5.92 Å². The van der Waals surface area contributed by atoms with Crippen molar-refractivity contribution in [1.29, 1.82) is 0 Å². The Kier molecular flexibility index (Phi) is 29.3. The molecule has 7 aliphatic rings. The Balaban J connectivity index is 0.000000126. The molecule has 137 heavy (non-hydrogen) atoms. The van der Waals surface area contributed by atoms with Crippen molar-refractivity contribution in [3.05, 3.63) is 373 Å². The monoisotopic (exact) mass is 1940 g/mol. The molecule has 1 unspecified atom stereocenters.